The molecular weight excluding hydrogens is 278 g/mol. The van der Waals surface area contributed by atoms with E-state index >= 15 is 0 Å². The highest BCUT2D eigenvalue weighted by Crippen LogP contribution is 2.37. The number of hydrogen-bond donors (Lipinski definition) is 1. The number of aromatic nitrogens is 1. The van der Waals surface area contributed by atoms with Gasteiger partial charge in [-0.1, -0.05) is 30.3 Å². The van der Waals surface area contributed by atoms with E-state index in [0.29, 0.717) is 32.5 Å². The molecule has 3 rings (SSSR count). The van der Waals surface area contributed by atoms with Gasteiger partial charge in [0.1, 0.15) is 0 Å². The van der Waals surface area contributed by atoms with Gasteiger partial charge in [-0.2, -0.15) is 0 Å². The third kappa shape index (κ3) is 2.88. The van der Waals surface area contributed by atoms with E-state index in [-0.39, 0.29) is 0 Å². The highest BCUT2D eigenvalue weighted by atomic mass is 16.5. The van der Waals surface area contributed by atoms with Crippen molar-refractivity contribution >= 4 is 5.97 Å². The predicted molar refractivity (Wildman–Crippen MR) is 83.5 cm³/mol. The van der Waals surface area contributed by atoms with Crippen LogP contribution in [0.2, 0.25) is 0 Å². The van der Waals surface area contributed by atoms with Gasteiger partial charge in [0, 0.05) is 31.2 Å². The maximum atomic E-state index is 11.9. The highest BCUT2D eigenvalue weighted by Gasteiger charge is 2.40. The summed E-state index contributed by atoms with van der Waals surface area (Å²) in [4.78, 5) is 16.0. The number of carbonyl (C=O) groups is 1. The molecule has 22 heavy (non-hydrogen) atoms. The molecule has 1 aromatic heterocycles. The van der Waals surface area contributed by atoms with Crippen LogP contribution in [0, 0.1) is 5.41 Å². The molecule has 0 amide bonds. The normalized spacial score (nSPS) is 17.1. The van der Waals surface area contributed by atoms with Crippen molar-refractivity contribution in [3.05, 3.63) is 54.4 Å². The summed E-state index contributed by atoms with van der Waals surface area (Å²) >= 11 is 0. The van der Waals surface area contributed by atoms with Crippen LogP contribution in [0.15, 0.2) is 48.8 Å². The second-order valence-corrected chi connectivity index (χ2v) is 5.77. The third-order valence-electron chi connectivity index (χ3n) is 4.42. The van der Waals surface area contributed by atoms with Crippen LogP contribution in [0.1, 0.15) is 18.4 Å². The van der Waals surface area contributed by atoms with E-state index in [4.69, 9.17) is 4.74 Å². The van der Waals surface area contributed by atoms with Crippen molar-refractivity contribution in [1.29, 1.82) is 0 Å². The lowest BCUT2D eigenvalue weighted by Crippen LogP contribution is -2.39. The van der Waals surface area contributed by atoms with E-state index in [2.05, 4.69) is 4.98 Å². The van der Waals surface area contributed by atoms with Crippen LogP contribution < -0.4 is 0 Å². The number of nitrogens with zero attached hydrogens (tertiary/aromatic N) is 1. The van der Waals surface area contributed by atoms with Crippen LogP contribution in [-0.4, -0.2) is 29.3 Å². The number of ether oxygens (including phenoxy) is 1. The topological polar surface area (TPSA) is 59.4 Å². The summed E-state index contributed by atoms with van der Waals surface area (Å²) in [6.07, 6.45) is 5.20. The molecule has 1 aliphatic rings. The molecule has 0 aliphatic carbocycles. The maximum Gasteiger partial charge on any atom is 0.310 e. The summed E-state index contributed by atoms with van der Waals surface area (Å²) in [7, 11) is 0. The molecule has 4 nitrogen and oxygen atoms in total. The van der Waals surface area contributed by atoms with Gasteiger partial charge in [-0.15, -0.1) is 0 Å². The van der Waals surface area contributed by atoms with Crippen molar-refractivity contribution in [3.8, 4) is 11.1 Å². The van der Waals surface area contributed by atoms with Crippen LogP contribution in [0.4, 0.5) is 0 Å². The standard InChI is InChI=1S/C18H19NO3/c20-17(21)18(7-10-22-11-8-18)12-14-4-1-2-6-16(14)15-5-3-9-19-13-15/h1-6,9,13H,7-8,10-12H2,(H,20,21). The van der Waals surface area contributed by atoms with E-state index in [1.807, 2.05) is 42.6 Å². The summed E-state index contributed by atoms with van der Waals surface area (Å²) in [6.45, 7) is 1.03. The summed E-state index contributed by atoms with van der Waals surface area (Å²) in [5.41, 5.74) is 2.41. The fourth-order valence-electron chi connectivity index (χ4n) is 3.07. The quantitative estimate of drug-likeness (QED) is 0.941. The number of carboxylic acid groups (broad SMARTS) is 1. The first-order valence-electron chi connectivity index (χ1n) is 7.51. The fraction of sp³-hybridized carbons (Fsp3) is 0.333. The van der Waals surface area contributed by atoms with Crippen LogP contribution in [0.25, 0.3) is 11.1 Å². The first-order chi connectivity index (χ1) is 10.7. The smallest absolute Gasteiger partial charge is 0.310 e. The van der Waals surface area contributed by atoms with Gasteiger partial charge in [0.2, 0.25) is 0 Å². The lowest BCUT2D eigenvalue weighted by atomic mass is 9.74. The summed E-state index contributed by atoms with van der Waals surface area (Å²) in [5.74, 6) is -0.725. The van der Waals surface area contributed by atoms with Gasteiger partial charge in [0.15, 0.2) is 0 Å². The average Bonchev–Trinajstić information content (AvgIpc) is 2.57. The molecule has 1 aromatic carbocycles. The molecular formula is C18H19NO3. The lowest BCUT2D eigenvalue weighted by Gasteiger charge is -2.33. The molecule has 0 radical (unpaired) electrons. The van der Waals surface area contributed by atoms with E-state index in [0.717, 1.165) is 16.7 Å². The number of aliphatic carboxylic acids is 1. The number of hydrogen-bond acceptors (Lipinski definition) is 3. The van der Waals surface area contributed by atoms with Crippen molar-refractivity contribution in [2.75, 3.05) is 13.2 Å². The van der Waals surface area contributed by atoms with Crippen molar-refractivity contribution in [2.24, 2.45) is 5.41 Å². The molecule has 1 aliphatic heterocycles. The molecule has 4 heteroatoms. The molecule has 1 saturated heterocycles. The monoisotopic (exact) mass is 297 g/mol. The second kappa shape index (κ2) is 6.28. The zero-order valence-electron chi connectivity index (χ0n) is 12.4. The summed E-state index contributed by atoms with van der Waals surface area (Å²) < 4.78 is 5.35. The number of benzene rings is 1. The van der Waals surface area contributed by atoms with Gasteiger partial charge >= 0.3 is 5.97 Å². The Balaban J connectivity index is 1.97. The zero-order chi connectivity index (χ0) is 15.4. The van der Waals surface area contributed by atoms with E-state index in [1.165, 1.54) is 0 Å². The summed E-state index contributed by atoms with van der Waals surface area (Å²) in [6, 6.07) is 11.9. The van der Waals surface area contributed by atoms with Crippen molar-refractivity contribution in [2.45, 2.75) is 19.3 Å². The largest absolute Gasteiger partial charge is 0.481 e. The Morgan fingerprint density at radius 2 is 1.95 bits per heavy atom. The Labute approximate surface area is 129 Å². The zero-order valence-corrected chi connectivity index (χ0v) is 12.4. The second-order valence-electron chi connectivity index (χ2n) is 5.77. The Bertz CT molecular complexity index is 648. The first-order valence-corrected chi connectivity index (χ1v) is 7.51. The minimum absolute atomic E-state index is 0.515. The van der Waals surface area contributed by atoms with E-state index in [9.17, 15) is 9.90 Å². The Kier molecular flexibility index (Phi) is 4.20. The molecule has 0 spiro atoms. The van der Waals surface area contributed by atoms with Gasteiger partial charge in [0.05, 0.1) is 5.41 Å². The van der Waals surface area contributed by atoms with E-state index < -0.39 is 11.4 Å². The van der Waals surface area contributed by atoms with Crippen molar-refractivity contribution < 1.29 is 14.6 Å². The fourth-order valence-corrected chi connectivity index (χ4v) is 3.07. The van der Waals surface area contributed by atoms with Gasteiger partial charge < -0.3 is 9.84 Å². The summed E-state index contributed by atoms with van der Waals surface area (Å²) in [5, 5.41) is 9.74. The molecule has 0 unspecified atom stereocenters. The number of rotatable bonds is 4. The molecule has 0 saturated carbocycles. The third-order valence-corrected chi connectivity index (χ3v) is 4.42. The minimum atomic E-state index is -0.726. The Morgan fingerprint density at radius 1 is 1.18 bits per heavy atom. The molecule has 2 aromatic rings. The van der Waals surface area contributed by atoms with Gasteiger partial charge in [-0.05, 0) is 36.5 Å². The SMILES string of the molecule is O=C(O)C1(Cc2ccccc2-c2cccnc2)CCOCC1. The predicted octanol–water partition coefficient (Wildman–Crippen LogP) is 3.17. The van der Waals surface area contributed by atoms with Crippen LogP contribution >= 0.6 is 0 Å². The van der Waals surface area contributed by atoms with Crippen molar-refractivity contribution in [3.63, 3.8) is 0 Å². The minimum Gasteiger partial charge on any atom is -0.481 e. The van der Waals surface area contributed by atoms with Gasteiger partial charge in [-0.25, -0.2) is 0 Å². The van der Waals surface area contributed by atoms with Crippen LogP contribution in [0.5, 0.6) is 0 Å². The molecule has 0 bridgehead atoms. The van der Waals surface area contributed by atoms with Gasteiger partial charge in [0.25, 0.3) is 0 Å². The Morgan fingerprint density at radius 3 is 2.64 bits per heavy atom. The number of pyridine rings is 1. The van der Waals surface area contributed by atoms with Crippen LogP contribution in [-0.2, 0) is 16.0 Å². The first kappa shape index (κ1) is 14.7. The van der Waals surface area contributed by atoms with Crippen molar-refractivity contribution in [1.82, 2.24) is 4.98 Å². The van der Waals surface area contributed by atoms with E-state index in [1.54, 1.807) is 6.20 Å². The molecule has 1 N–H and O–H groups in total. The molecule has 114 valence electrons. The number of carboxylic acids is 1. The highest BCUT2D eigenvalue weighted by molar-refractivity contribution is 5.76. The van der Waals surface area contributed by atoms with Crippen LogP contribution in [0.3, 0.4) is 0 Å². The maximum absolute atomic E-state index is 11.9. The molecule has 2 heterocycles. The Hall–Kier alpha value is -2.20. The molecule has 1 fully saturated rings. The average molecular weight is 297 g/mol. The lowest BCUT2D eigenvalue weighted by molar-refractivity contribution is -0.154. The van der Waals surface area contributed by atoms with Gasteiger partial charge in [-0.3, -0.25) is 9.78 Å². The molecule has 0 atom stereocenters.